The van der Waals surface area contributed by atoms with Crippen molar-refractivity contribution in [2.75, 3.05) is 18.6 Å². The Morgan fingerprint density at radius 2 is 1.84 bits per heavy atom. The number of nitrogens with zero attached hydrogens (tertiary/aromatic N) is 3. The van der Waals surface area contributed by atoms with Gasteiger partial charge in [0.05, 0.1) is 30.7 Å². The van der Waals surface area contributed by atoms with E-state index in [4.69, 9.17) is 13.9 Å². The lowest BCUT2D eigenvalue weighted by molar-refractivity contribution is 0.0970. The van der Waals surface area contributed by atoms with Crippen LogP contribution in [0.4, 0.5) is 5.13 Å². The zero-order valence-electron chi connectivity index (χ0n) is 21.5. The van der Waals surface area contributed by atoms with Crippen LogP contribution in [0.3, 0.4) is 0 Å². The fraction of sp³-hybridized carbons (Fsp3) is 0.357. The maximum Gasteiger partial charge on any atom is 0.297 e. The lowest BCUT2D eigenvalue weighted by Crippen LogP contribution is -2.29. The van der Waals surface area contributed by atoms with Gasteiger partial charge in [-0.3, -0.25) is 14.5 Å². The van der Waals surface area contributed by atoms with Gasteiger partial charge in [0, 0.05) is 5.92 Å². The highest BCUT2D eigenvalue weighted by atomic mass is 32.1. The molecule has 0 bridgehead atoms. The summed E-state index contributed by atoms with van der Waals surface area (Å²) in [6, 6.07) is 11.7. The molecule has 0 spiro atoms. The molecule has 2 aromatic carbocycles. The smallest absolute Gasteiger partial charge is 0.297 e. The molecular formula is C28H29N3O5S. The molecule has 37 heavy (non-hydrogen) atoms. The Bertz CT molecular complexity index is 1520. The molecule has 3 heterocycles. The number of carbonyl (C=O) groups is 1. The van der Waals surface area contributed by atoms with Crippen molar-refractivity contribution in [2.45, 2.75) is 46.1 Å². The number of aromatic nitrogens is 2. The molecule has 0 saturated carbocycles. The summed E-state index contributed by atoms with van der Waals surface area (Å²) in [5, 5.41) is 10.2. The number of ether oxygens (including phenoxy) is 2. The van der Waals surface area contributed by atoms with E-state index in [2.05, 4.69) is 24.0 Å². The highest BCUT2D eigenvalue weighted by Gasteiger charge is 2.45. The van der Waals surface area contributed by atoms with E-state index >= 15 is 0 Å². The summed E-state index contributed by atoms with van der Waals surface area (Å²) in [6.07, 6.45) is 0.909. The van der Waals surface area contributed by atoms with E-state index in [9.17, 15) is 9.59 Å². The van der Waals surface area contributed by atoms with E-state index in [0.717, 1.165) is 11.4 Å². The molecule has 0 N–H and O–H groups in total. The second-order valence-corrected chi connectivity index (χ2v) is 10.8. The minimum Gasteiger partial charge on any atom is -0.493 e. The predicted molar refractivity (Wildman–Crippen MR) is 143 cm³/mol. The van der Waals surface area contributed by atoms with E-state index in [-0.39, 0.29) is 22.7 Å². The van der Waals surface area contributed by atoms with Gasteiger partial charge in [-0.15, -0.1) is 10.2 Å². The molecule has 1 atom stereocenters. The van der Waals surface area contributed by atoms with Crippen molar-refractivity contribution >= 4 is 33.3 Å². The minimum atomic E-state index is -0.755. The van der Waals surface area contributed by atoms with Crippen molar-refractivity contribution in [2.24, 2.45) is 5.92 Å². The fourth-order valence-corrected chi connectivity index (χ4v) is 5.24. The Balaban J connectivity index is 1.66. The summed E-state index contributed by atoms with van der Waals surface area (Å²) < 4.78 is 17.6. The molecule has 0 unspecified atom stereocenters. The summed E-state index contributed by atoms with van der Waals surface area (Å²) in [7, 11) is 1.57. The molecule has 192 valence electrons. The van der Waals surface area contributed by atoms with Crippen LogP contribution < -0.4 is 19.8 Å². The van der Waals surface area contributed by atoms with Crippen LogP contribution in [0, 0.1) is 5.92 Å². The third-order valence-electron chi connectivity index (χ3n) is 6.36. The zero-order valence-corrected chi connectivity index (χ0v) is 22.3. The minimum absolute atomic E-state index is 0.0197. The lowest BCUT2D eigenvalue weighted by Gasteiger charge is -2.23. The van der Waals surface area contributed by atoms with Crippen LogP contribution in [0.15, 0.2) is 51.7 Å². The van der Waals surface area contributed by atoms with Gasteiger partial charge in [0.15, 0.2) is 16.9 Å². The van der Waals surface area contributed by atoms with Crippen LogP contribution in [0.25, 0.3) is 11.0 Å². The number of benzene rings is 2. The van der Waals surface area contributed by atoms with Crippen molar-refractivity contribution in [3.8, 4) is 11.5 Å². The van der Waals surface area contributed by atoms with E-state index in [0.29, 0.717) is 45.7 Å². The number of hydrogen-bond acceptors (Lipinski definition) is 8. The average molecular weight is 520 g/mol. The molecule has 0 saturated heterocycles. The van der Waals surface area contributed by atoms with Gasteiger partial charge in [0.1, 0.15) is 10.6 Å². The Labute approximate surface area is 218 Å². The SMILES string of the molecule is COc1cc([C@@H]2c3c(oc4ccccc4c3=O)C(=O)N2c2nnc(C(C)C)s2)ccc1OCCC(C)C. The molecule has 2 aromatic heterocycles. The van der Waals surface area contributed by atoms with E-state index in [1.54, 1.807) is 31.4 Å². The Hall–Kier alpha value is -3.72. The Morgan fingerprint density at radius 1 is 1.05 bits per heavy atom. The molecule has 1 aliphatic rings. The fourth-order valence-electron chi connectivity index (χ4n) is 4.37. The molecule has 0 fully saturated rings. The van der Waals surface area contributed by atoms with Gasteiger partial charge in [-0.05, 0) is 42.2 Å². The molecule has 1 amide bonds. The van der Waals surface area contributed by atoms with Gasteiger partial charge in [-0.25, -0.2) is 0 Å². The number of methoxy groups -OCH3 is 1. The van der Waals surface area contributed by atoms with Gasteiger partial charge in [0.25, 0.3) is 5.91 Å². The van der Waals surface area contributed by atoms with Crippen LogP contribution in [0.1, 0.15) is 72.8 Å². The maximum atomic E-state index is 13.8. The van der Waals surface area contributed by atoms with Crippen molar-refractivity contribution < 1.29 is 18.7 Å². The molecular weight excluding hydrogens is 490 g/mol. The molecule has 4 aromatic rings. The van der Waals surface area contributed by atoms with Gasteiger partial charge < -0.3 is 13.9 Å². The predicted octanol–water partition coefficient (Wildman–Crippen LogP) is 5.95. The highest BCUT2D eigenvalue weighted by Crippen LogP contribution is 2.44. The number of anilines is 1. The molecule has 9 heteroatoms. The third kappa shape index (κ3) is 4.48. The molecule has 8 nitrogen and oxygen atoms in total. The van der Waals surface area contributed by atoms with Crippen molar-refractivity contribution in [3.05, 3.63) is 74.6 Å². The summed E-state index contributed by atoms with van der Waals surface area (Å²) in [6.45, 7) is 8.87. The maximum absolute atomic E-state index is 13.8. The largest absolute Gasteiger partial charge is 0.493 e. The van der Waals surface area contributed by atoms with Crippen molar-refractivity contribution in [1.82, 2.24) is 10.2 Å². The van der Waals surface area contributed by atoms with E-state index in [1.165, 1.54) is 16.2 Å². The normalized spacial score (nSPS) is 15.2. The molecule has 0 radical (unpaired) electrons. The van der Waals surface area contributed by atoms with Crippen LogP contribution in [0.2, 0.25) is 0 Å². The highest BCUT2D eigenvalue weighted by molar-refractivity contribution is 7.15. The Morgan fingerprint density at radius 3 is 2.54 bits per heavy atom. The molecule has 5 rings (SSSR count). The first kappa shape index (κ1) is 25.0. The van der Waals surface area contributed by atoms with Gasteiger partial charge >= 0.3 is 0 Å². The topological polar surface area (TPSA) is 94.8 Å². The monoisotopic (exact) mass is 519 g/mol. The lowest BCUT2D eigenvalue weighted by atomic mass is 9.98. The first-order valence-corrected chi connectivity index (χ1v) is 13.1. The van der Waals surface area contributed by atoms with Gasteiger partial charge in [0.2, 0.25) is 10.9 Å². The number of fused-ring (bicyclic) bond motifs is 2. The third-order valence-corrected chi connectivity index (χ3v) is 7.59. The second kappa shape index (κ2) is 9.97. The number of carbonyl (C=O) groups excluding carboxylic acids is 1. The summed E-state index contributed by atoms with van der Waals surface area (Å²) in [5.41, 5.74) is 1.08. The van der Waals surface area contributed by atoms with Crippen molar-refractivity contribution in [3.63, 3.8) is 0 Å². The zero-order chi connectivity index (χ0) is 26.3. The number of hydrogen-bond donors (Lipinski definition) is 0. The number of para-hydroxylation sites is 1. The quantitative estimate of drug-likeness (QED) is 0.284. The average Bonchev–Trinajstić information content (AvgIpc) is 3.48. The van der Waals surface area contributed by atoms with Gasteiger partial charge in [-0.2, -0.15) is 0 Å². The first-order valence-electron chi connectivity index (χ1n) is 12.3. The van der Waals surface area contributed by atoms with E-state index in [1.807, 2.05) is 32.0 Å². The van der Waals surface area contributed by atoms with Crippen LogP contribution in [-0.2, 0) is 0 Å². The van der Waals surface area contributed by atoms with Crippen molar-refractivity contribution in [1.29, 1.82) is 0 Å². The van der Waals surface area contributed by atoms with Gasteiger partial charge in [-0.1, -0.05) is 57.2 Å². The van der Waals surface area contributed by atoms with Crippen LogP contribution >= 0.6 is 11.3 Å². The summed E-state index contributed by atoms with van der Waals surface area (Å²) >= 11 is 1.33. The summed E-state index contributed by atoms with van der Waals surface area (Å²) in [5.74, 6) is 1.38. The molecule has 1 aliphatic heterocycles. The Kier molecular flexibility index (Phi) is 6.72. The standard InChI is InChI=1S/C28H29N3O5S/c1-15(2)12-13-35-20-11-10-17(14-21(20)34-5)23-22-24(32)18-8-6-7-9-19(18)36-25(22)27(33)31(23)28-30-29-26(37-28)16(3)4/h6-11,14-16,23H,12-13H2,1-5H3/t23-/m1/s1. The molecule has 0 aliphatic carbocycles. The number of amides is 1. The van der Waals surface area contributed by atoms with Crippen LogP contribution in [-0.4, -0.2) is 29.8 Å². The van der Waals surface area contributed by atoms with E-state index < -0.39 is 11.9 Å². The second-order valence-electron chi connectivity index (χ2n) is 9.77. The summed E-state index contributed by atoms with van der Waals surface area (Å²) in [4.78, 5) is 29.0. The number of rotatable bonds is 8. The first-order chi connectivity index (χ1) is 17.8. The van der Waals surface area contributed by atoms with Crippen LogP contribution in [0.5, 0.6) is 11.5 Å².